The summed E-state index contributed by atoms with van der Waals surface area (Å²) in [6, 6.07) is 39.8. The first-order chi connectivity index (χ1) is 23.3. The van der Waals surface area contributed by atoms with Crippen molar-refractivity contribution in [1.29, 1.82) is 0 Å². The number of benzene rings is 5. The lowest BCUT2D eigenvalue weighted by Crippen LogP contribution is -2.43. The zero-order valence-corrected chi connectivity index (χ0v) is 28.3. The monoisotopic (exact) mass is 679 g/mol. The molecule has 3 amide bonds. The molecule has 0 unspecified atom stereocenters. The van der Waals surface area contributed by atoms with Crippen LogP contribution in [0.3, 0.4) is 0 Å². The van der Waals surface area contributed by atoms with Crippen molar-refractivity contribution in [2.75, 3.05) is 11.4 Å². The van der Waals surface area contributed by atoms with Crippen molar-refractivity contribution in [1.82, 2.24) is 9.62 Å². The van der Waals surface area contributed by atoms with E-state index in [1.165, 1.54) is 18.2 Å². The standard InChI is InChI=1S/C39H38ClN3O4S/c1-2-3-14-27-42(39(45)43(33-17-8-5-9-18-33)29-30-15-6-4-7-16-30)28-31-23-25-32(26-24-31)34-19-11-13-22-37(34)48(46,47)41-38(44)35-20-10-12-21-36(35)40/h4-13,15-26H,2-3,14,27-29H2,1H3,(H,41,44). The number of carbonyl (C=O) groups excluding carboxylic acids is 2. The highest BCUT2D eigenvalue weighted by atomic mass is 35.5. The Morgan fingerprint density at radius 2 is 1.29 bits per heavy atom. The van der Waals surface area contributed by atoms with Crippen LogP contribution in [-0.2, 0) is 23.1 Å². The van der Waals surface area contributed by atoms with Crippen LogP contribution >= 0.6 is 11.6 Å². The normalized spacial score (nSPS) is 11.1. The first-order valence-corrected chi connectivity index (χ1v) is 17.8. The van der Waals surface area contributed by atoms with Gasteiger partial charge in [-0.25, -0.2) is 17.9 Å². The van der Waals surface area contributed by atoms with Crippen molar-refractivity contribution < 1.29 is 18.0 Å². The molecule has 5 rings (SSSR count). The zero-order chi connectivity index (χ0) is 33.9. The molecule has 246 valence electrons. The summed E-state index contributed by atoms with van der Waals surface area (Å²) in [4.78, 5) is 30.7. The summed E-state index contributed by atoms with van der Waals surface area (Å²) in [6.45, 7) is 3.55. The lowest BCUT2D eigenvalue weighted by molar-refractivity contribution is 0.0981. The average molecular weight is 680 g/mol. The second-order valence-electron chi connectivity index (χ2n) is 11.4. The maximum absolute atomic E-state index is 14.2. The number of nitrogens with one attached hydrogen (secondary N) is 1. The predicted octanol–water partition coefficient (Wildman–Crippen LogP) is 8.94. The van der Waals surface area contributed by atoms with Gasteiger partial charge in [0.15, 0.2) is 0 Å². The van der Waals surface area contributed by atoms with Gasteiger partial charge >= 0.3 is 6.03 Å². The topological polar surface area (TPSA) is 86.8 Å². The third kappa shape index (κ3) is 8.70. The molecular weight excluding hydrogens is 642 g/mol. The Bertz CT molecular complexity index is 1940. The van der Waals surface area contributed by atoms with E-state index in [1.54, 1.807) is 30.3 Å². The first-order valence-electron chi connectivity index (χ1n) is 15.9. The number of hydrogen-bond donors (Lipinski definition) is 1. The molecule has 0 aromatic heterocycles. The Hall–Kier alpha value is -4.92. The number of anilines is 1. The number of para-hydroxylation sites is 1. The molecule has 0 saturated carbocycles. The molecule has 1 N–H and O–H groups in total. The van der Waals surface area contributed by atoms with Gasteiger partial charge in [0, 0.05) is 24.3 Å². The Kier molecular flexibility index (Phi) is 11.7. The lowest BCUT2D eigenvalue weighted by atomic mass is 10.0. The van der Waals surface area contributed by atoms with Crippen LogP contribution < -0.4 is 9.62 Å². The summed E-state index contributed by atoms with van der Waals surface area (Å²) in [7, 11) is -4.23. The van der Waals surface area contributed by atoms with Gasteiger partial charge in [-0.3, -0.25) is 9.69 Å². The fourth-order valence-electron chi connectivity index (χ4n) is 5.44. The number of carbonyl (C=O) groups is 2. The maximum Gasteiger partial charge on any atom is 0.325 e. The summed E-state index contributed by atoms with van der Waals surface area (Å²) in [5.74, 6) is -0.810. The summed E-state index contributed by atoms with van der Waals surface area (Å²) < 4.78 is 29.0. The van der Waals surface area contributed by atoms with E-state index in [0.717, 1.165) is 36.1 Å². The third-order valence-electron chi connectivity index (χ3n) is 7.94. The van der Waals surface area contributed by atoms with Gasteiger partial charge in [-0.15, -0.1) is 0 Å². The van der Waals surface area contributed by atoms with Crippen molar-refractivity contribution in [3.8, 4) is 11.1 Å². The number of halogens is 1. The van der Waals surface area contributed by atoms with Crippen LogP contribution in [0.15, 0.2) is 138 Å². The molecule has 0 aliphatic heterocycles. The highest BCUT2D eigenvalue weighted by Crippen LogP contribution is 2.29. The van der Waals surface area contributed by atoms with Gasteiger partial charge in [0.05, 0.1) is 22.0 Å². The summed E-state index contributed by atoms with van der Waals surface area (Å²) >= 11 is 6.13. The minimum absolute atomic E-state index is 0.0334. The zero-order valence-electron chi connectivity index (χ0n) is 26.8. The molecule has 0 saturated heterocycles. The third-order valence-corrected chi connectivity index (χ3v) is 9.66. The highest BCUT2D eigenvalue weighted by Gasteiger charge is 2.25. The molecule has 0 heterocycles. The van der Waals surface area contributed by atoms with E-state index in [1.807, 2.05) is 94.7 Å². The van der Waals surface area contributed by atoms with Gasteiger partial charge in [0.2, 0.25) is 0 Å². The van der Waals surface area contributed by atoms with E-state index in [-0.39, 0.29) is 21.5 Å². The molecule has 0 radical (unpaired) electrons. The predicted molar refractivity (Wildman–Crippen MR) is 192 cm³/mol. The number of rotatable bonds is 13. The number of hydrogen-bond acceptors (Lipinski definition) is 4. The maximum atomic E-state index is 14.2. The van der Waals surface area contributed by atoms with Crippen molar-refractivity contribution in [3.63, 3.8) is 0 Å². The molecule has 0 atom stereocenters. The number of unbranched alkanes of at least 4 members (excludes halogenated alkanes) is 2. The van der Waals surface area contributed by atoms with E-state index in [4.69, 9.17) is 11.6 Å². The molecule has 5 aromatic rings. The van der Waals surface area contributed by atoms with Gasteiger partial charge in [-0.1, -0.05) is 134 Å². The second-order valence-corrected chi connectivity index (χ2v) is 13.5. The number of amides is 3. The van der Waals surface area contributed by atoms with E-state index in [2.05, 4.69) is 11.6 Å². The van der Waals surface area contributed by atoms with Crippen LogP contribution in [0.1, 0.15) is 47.7 Å². The number of urea groups is 1. The van der Waals surface area contributed by atoms with Crippen LogP contribution in [0.4, 0.5) is 10.5 Å². The lowest BCUT2D eigenvalue weighted by Gasteiger charge is -2.31. The number of nitrogens with zero attached hydrogens (tertiary/aromatic N) is 2. The first kappa shape index (κ1) is 34.4. The van der Waals surface area contributed by atoms with Gasteiger partial charge in [-0.05, 0) is 53.4 Å². The fourth-order valence-corrected chi connectivity index (χ4v) is 6.85. The van der Waals surface area contributed by atoms with E-state index in [9.17, 15) is 18.0 Å². The van der Waals surface area contributed by atoms with Gasteiger partial charge in [0.1, 0.15) is 0 Å². The Balaban J connectivity index is 1.39. The van der Waals surface area contributed by atoms with Crippen molar-refractivity contribution in [2.45, 2.75) is 44.2 Å². The molecule has 0 aliphatic rings. The Morgan fingerprint density at radius 3 is 1.98 bits per heavy atom. The van der Waals surface area contributed by atoms with Crippen molar-refractivity contribution in [2.24, 2.45) is 0 Å². The van der Waals surface area contributed by atoms with E-state index >= 15 is 0 Å². The average Bonchev–Trinajstić information content (AvgIpc) is 3.11. The minimum Gasteiger partial charge on any atom is -0.320 e. The second kappa shape index (κ2) is 16.3. The Morgan fingerprint density at radius 1 is 0.688 bits per heavy atom. The molecule has 0 spiro atoms. The molecular formula is C39H38ClN3O4S. The van der Waals surface area contributed by atoms with Crippen molar-refractivity contribution in [3.05, 3.63) is 155 Å². The molecule has 0 aliphatic carbocycles. The summed E-state index contributed by atoms with van der Waals surface area (Å²) in [5.41, 5.74) is 3.92. The van der Waals surface area contributed by atoms with Crippen LogP contribution in [0.5, 0.6) is 0 Å². The molecule has 0 fully saturated rings. The molecule has 7 nitrogen and oxygen atoms in total. The molecule has 5 aromatic carbocycles. The summed E-state index contributed by atoms with van der Waals surface area (Å²) in [5, 5.41) is 0.156. The van der Waals surface area contributed by atoms with Crippen LogP contribution in [0, 0.1) is 0 Å². The number of sulfonamides is 1. The van der Waals surface area contributed by atoms with Crippen molar-refractivity contribution >= 4 is 39.2 Å². The molecule has 0 bridgehead atoms. The van der Waals surface area contributed by atoms with Crippen LogP contribution in [-0.4, -0.2) is 31.8 Å². The summed E-state index contributed by atoms with van der Waals surface area (Å²) in [6.07, 6.45) is 2.91. The van der Waals surface area contributed by atoms with Gasteiger partial charge in [-0.2, -0.15) is 0 Å². The van der Waals surface area contributed by atoms with Crippen LogP contribution in [0.2, 0.25) is 5.02 Å². The minimum atomic E-state index is -4.23. The van der Waals surface area contributed by atoms with Gasteiger partial charge < -0.3 is 4.90 Å². The quantitative estimate of drug-likeness (QED) is 0.126. The van der Waals surface area contributed by atoms with Gasteiger partial charge in [0.25, 0.3) is 15.9 Å². The van der Waals surface area contributed by atoms with E-state index in [0.29, 0.717) is 30.8 Å². The molecule has 48 heavy (non-hydrogen) atoms. The van der Waals surface area contributed by atoms with Crippen LogP contribution in [0.25, 0.3) is 11.1 Å². The highest BCUT2D eigenvalue weighted by molar-refractivity contribution is 7.90. The Labute approximate surface area is 287 Å². The smallest absolute Gasteiger partial charge is 0.320 e. The fraction of sp³-hybridized carbons (Fsp3) is 0.179. The largest absolute Gasteiger partial charge is 0.325 e. The molecule has 9 heteroatoms. The van der Waals surface area contributed by atoms with E-state index < -0.39 is 15.9 Å². The SMILES string of the molecule is CCCCCN(Cc1ccc(-c2ccccc2S(=O)(=O)NC(=O)c2ccccc2Cl)cc1)C(=O)N(Cc1ccccc1)c1ccccc1.